The highest BCUT2D eigenvalue weighted by Gasteiger charge is 2.23. The summed E-state index contributed by atoms with van der Waals surface area (Å²) in [6, 6.07) is 4.86. The summed E-state index contributed by atoms with van der Waals surface area (Å²) >= 11 is 0. The van der Waals surface area contributed by atoms with E-state index < -0.39 is 12.4 Å². The van der Waals surface area contributed by atoms with Gasteiger partial charge in [-0.15, -0.1) is 0 Å². The summed E-state index contributed by atoms with van der Waals surface area (Å²) in [6.07, 6.45) is 0. The van der Waals surface area contributed by atoms with Crippen molar-refractivity contribution < 1.29 is 20.1 Å². The van der Waals surface area contributed by atoms with E-state index in [4.69, 9.17) is 9.84 Å². The molecule has 0 aliphatic heterocycles. The van der Waals surface area contributed by atoms with Crippen LogP contribution in [0.5, 0.6) is 11.5 Å². The summed E-state index contributed by atoms with van der Waals surface area (Å²) < 4.78 is 5.07. The molecule has 1 rings (SSSR count). The number of ether oxygens (including phenoxy) is 1. The average molecular weight is 198 g/mol. The number of rotatable bonds is 3. The second-order valence-corrected chi connectivity index (χ2v) is 3.36. The fourth-order valence-corrected chi connectivity index (χ4v) is 1.02. The normalized spacial score (nSPS) is 14.9. The average Bonchev–Trinajstić information content (AvgIpc) is 2.12. The van der Waals surface area contributed by atoms with Crippen molar-refractivity contribution in [1.82, 2.24) is 0 Å². The number of hydrogen-bond donors (Lipinski definition) is 3. The first kappa shape index (κ1) is 10.8. The van der Waals surface area contributed by atoms with Gasteiger partial charge in [-0.1, -0.05) is 12.1 Å². The quantitative estimate of drug-likeness (QED) is 0.628. The van der Waals surface area contributed by atoms with Gasteiger partial charge in [-0.2, -0.15) is 0 Å². The van der Waals surface area contributed by atoms with Gasteiger partial charge in [0.1, 0.15) is 6.61 Å². The van der Waals surface area contributed by atoms with Gasteiger partial charge in [-0.05, 0) is 18.6 Å². The van der Waals surface area contributed by atoms with Crippen molar-refractivity contribution in [3.8, 4) is 11.5 Å². The van der Waals surface area contributed by atoms with Crippen LogP contribution in [0.2, 0.25) is 0 Å². The zero-order valence-corrected chi connectivity index (χ0v) is 8.19. The van der Waals surface area contributed by atoms with Crippen molar-refractivity contribution in [2.45, 2.75) is 19.6 Å². The number of hydrogen-bond acceptors (Lipinski definition) is 4. The van der Waals surface area contributed by atoms with Crippen LogP contribution in [0.3, 0.4) is 0 Å². The third kappa shape index (κ3) is 2.37. The van der Waals surface area contributed by atoms with Crippen molar-refractivity contribution in [2.75, 3.05) is 6.61 Å². The number of aliphatic hydroxyl groups is 2. The molecule has 1 aromatic rings. The topological polar surface area (TPSA) is 69.9 Å². The van der Waals surface area contributed by atoms with Crippen LogP contribution in [0.1, 0.15) is 12.5 Å². The van der Waals surface area contributed by atoms with E-state index >= 15 is 0 Å². The van der Waals surface area contributed by atoms with Gasteiger partial charge in [0.15, 0.2) is 11.5 Å². The Morgan fingerprint density at radius 3 is 2.57 bits per heavy atom. The SMILES string of the molecule is Cc1cccc(O)c1OC(C)(O)CO. The van der Waals surface area contributed by atoms with Crippen molar-refractivity contribution in [1.29, 1.82) is 0 Å². The number of benzene rings is 1. The molecule has 3 N–H and O–H groups in total. The van der Waals surface area contributed by atoms with Gasteiger partial charge in [-0.25, -0.2) is 0 Å². The lowest BCUT2D eigenvalue weighted by Gasteiger charge is -2.23. The van der Waals surface area contributed by atoms with Crippen LogP contribution in [-0.4, -0.2) is 27.7 Å². The first-order valence-corrected chi connectivity index (χ1v) is 4.27. The van der Waals surface area contributed by atoms with Gasteiger partial charge in [0.25, 0.3) is 0 Å². The minimum atomic E-state index is -1.68. The van der Waals surface area contributed by atoms with Crippen molar-refractivity contribution in [2.24, 2.45) is 0 Å². The van der Waals surface area contributed by atoms with E-state index in [2.05, 4.69) is 0 Å². The second-order valence-electron chi connectivity index (χ2n) is 3.36. The van der Waals surface area contributed by atoms with E-state index in [0.717, 1.165) is 0 Å². The number of aliphatic hydroxyl groups excluding tert-OH is 1. The number of phenolic OH excluding ortho intramolecular Hbond substituents is 1. The Kier molecular flexibility index (Phi) is 2.98. The molecule has 0 heterocycles. The van der Waals surface area contributed by atoms with E-state index in [1.54, 1.807) is 19.1 Å². The van der Waals surface area contributed by atoms with Crippen LogP contribution in [0.25, 0.3) is 0 Å². The number of aromatic hydroxyl groups is 1. The number of aryl methyl sites for hydroxylation is 1. The zero-order chi connectivity index (χ0) is 10.8. The molecule has 0 spiro atoms. The first-order chi connectivity index (χ1) is 6.46. The summed E-state index contributed by atoms with van der Waals surface area (Å²) in [5.41, 5.74) is 0.693. The molecule has 0 aliphatic carbocycles. The summed E-state index contributed by atoms with van der Waals surface area (Å²) in [7, 11) is 0. The fraction of sp³-hybridized carbons (Fsp3) is 0.400. The molecular formula is C10H14O4. The molecule has 1 unspecified atom stereocenters. The number of para-hydroxylation sites is 1. The molecule has 0 radical (unpaired) electrons. The van der Waals surface area contributed by atoms with E-state index in [9.17, 15) is 10.2 Å². The fourth-order valence-electron chi connectivity index (χ4n) is 1.02. The van der Waals surface area contributed by atoms with Gasteiger partial charge in [0.2, 0.25) is 5.79 Å². The van der Waals surface area contributed by atoms with Gasteiger partial charge in [0.05, 0.1) is 0 Å². The van der Waals surface area contributed by atoms with Crippen LogP contribution >= 0.6 is 0 Å². The smallest absolute Gasteiger partial charge is 0.228 e. The van der Waals surface area contributed by atoms with Crippen LogP contribution in [0.4, 0.5) is 0 Å². The lowest BCUT2D eigenvalue weighted by atomic mass is 10.2. The lowest BCUT2D eigenvalue weighted by molar-refractivity contribution is -0.151. The van der Waals surface area contributed by atoms with E-state index in [1.165, 1.54) is 13.0 Å². The molecule has 4 nitrogen and oxygen atoms in total. The first-order valence-electron chi connectivity index (χ1n) is 4.27. The zero-order valence-electron chi connectivity index (χ0n) is 8.19. The Balaban J connectivity index is 2.97. The van der Waals surface area contributed by atoms with Crippen LogP contribution in [0, 0.1) is 6.92 Å². The van der Waals surface area contributed by atoms with Crippen molar-refractivity contribution in [3.05, 3.63) is 23.8 Å². The molecule has 0 saturated carbocycles. The standard InChI is InChI=1S/C10H14O4/c1-7-4-3-5-8(12)9(7)14-10(2,13)6-11/h3-5,11-13H,6H2,1-2H3. The Bertz CT molecular complexity index is 300. The molecule has 4 heteroatoms. The highest BCUT2D eigenvalue weighted by Crippen LogP contribution is 2.31. The molecule has 78 valence electrons. The maximum atomic E-state index is 9.44. The summed E-state index contributed by atoms with van der Waals surface area (Å²) in [4.78, 5) is 0. The predicted octanol–water partition coefficient (Wildman–Crippen LogP) is 0.780. The Morgan fingerprint density at radius 2 is 2.07 bits per heavy atom. The van der Waals surface area contributed by atoms with Crippen LogP contribution in [0.15, 0.2) is 18.2 Å². The molecule has 0 aromatic heterocycles. The minimum absolute atomic E-state index is 0.0567. The monoisotopic (exact) mass is 198 g/mol. The van der Waals surface area contributed by atoms with E-state index in [1.807, 2.05) is 0 Å². The van der Waals surface area contributed by atoms with E-state index in [0.29, 0.717) is 5.56 Å². The van der Waals surface area contributed by atoms with Crippen LogP contribution < -0.4 is 4.74 Å². The lowest BCUT2D eigenvalue weighted by Crippen LogP contribution is -2.36. The highest BCUT2D eigenvalue weighted by atomic mass is 16.6. The van der Waals surface area contributed by atoms with Crippen LogP contribution in [-0.2, 0) is 0 Å². The van der Waals surface area contributed by atoms with Crippen molar-refractivity contribution >= 4 is 0 Å². The molecule has 1 atom stereocenters. The summed E-state index contributed by atoms with van der Waals surface area (Å²) in [5, 5.41) is 27.7. The van der Waals surface area contributed by atoms with Gasteiger partial charge >= 0.3 is 0 Å². The molecule has 0 aliphatic rings. The predicted molar refractivity (Wildman–Crippen MR) is 51.2 cm³/mol. The number of phenols is 1. The maximum absolute atomic E-state index is 9.44. The molecule has 0 amide bonds. The minimum Gasteiger partial charge on any atom is -0.504 e. The Morgan fingerprint density at radius 1 is 1.43 bits per heavy atom. The molecule has 1 aromatic carbocycles. The molecule has 0 bridgehead atoms. The Hall–Kier alpha value is -1.26. The highest BCUT2D eigenvalue weighted by molar-refractivity contribution is 5.44. The molecular weight excluding hydrogens is 184 g/mol. The summed E-state index contributed by atoms with van der Waals surface area (Å²) in [5.74, 6) is -1.55. The van der Waals surface area contributed by atoms with Gasteiger partial charge in [-0.3, -0.25) is 0 Å². The maximum Gasteiger partial charge on any atom is 0.228 e. The summed E-state index contributed by atoms with van der Waals surface area (Å²) in [6.45, 7) is 2.52. The molecule has 0 fully saturated rings. The molecule has 14 heavy (non-hydrogen) atoms. The largest absolute Gasteiger partial charge is 0.504 e. The van der Waals surface area contributed by atoms with E-state index in [-0.39, 0.29) is 11.5 Å². The van der Waals surface area contributed by atoms with Gasteiger partial charge < -0.3 is 20.1 Å². The molecule has 0 saturated heterocycles. The van der Waals surface area contributed by atoms with Crippen molar-refractivity contribution in [3.63, 3.8) is 0 Å². The third-order valence-corrected chi connectivity index (χ3v) is 1.81. The third-order valence-electron chi connectivity index (χ3n) is 1.81. The Labute approximate surface area is 82.4 Å². The van der Waals surface area contributed by atoms with Gasteiger partial charge in [0, 0.05) is 6.92 Å². The second kappa shape index (κ2) is 3.86.